The summed E-state index contributed by atoms with van der Waals surface area (Å²) in [5.41, 5.74) is 7.51. The molecule has 0 aliphatic rings. The first-order valence-corrected chi connectivity index (χ1v) is 6.82. The number of carbonyl (C=O) groups excluding carboxylic acids is 1. The van der Waals surface area contributed by atoms with Crippen LogP contribution in [0.1, 0.15) is 38.8 Å². The summed E-state index contributed by atoms with van der Waals surface area (Å²) in [5.74, 6) is 0.693. The summed E-state index contributed by atoms with van der Waals surface area (Å²) < 4.78 is 6.76. The summed E-state index contributed by atoms with van der Waals surface area (Å²) in [5, 5.41) is 7.63. The van der Waals surface area contributed by atoms with Crippen LogP contribution in [0.25, 0.3) is 0 Å². The van der Waals surface area contributed by atoms with Gasteiger partial charge in [-0.05, 0) is 26.7 Å². The van der Waals surface area contributed by atoms with E-state index >= 15 is 0 Å². The zero-order chi connectivity index (χ0) is 14.3. The number of hydrogen-bond acceptors (Lipinski definition) is 5. The van der Waals surface area contributed by atoms with Gasteiger partial charge in [-0.2, -0.15) is 5.10 Å². The van der Waals surface area contributed by atoms with Crippen LogP contribution in [0, 0.1) is 6.92 Å². The van der Waals surface area contributed by atoms with E-state index in [4.69, 9.17) is 10.5 Å². The Morgan fingerprint density at radius 2 is 2.21 bits per heavy atom. The molecular weight excluding hydrogens is 244 g/mol. The van der Waals surface area contributed by atoms with Crippen LogP contribution in [0.4, 0.5) is 11.5 Å². The van der Waals surface area contributed by atoms with Crippen LogP contribution in [0.15, 0.2) is 0 Å². The van der Waals surface area contributed by atoms with Crippen molar-refractivity contribution in [3.05, 3.63) is 5.69 Å². The van der Waals surface area contributed by atoms with Gasteiger partial charge in [-0.15, -0.1) is 0 Å². The summed E-state index contributed by atoms with van der Waals surface area (Å²) in [6, 6.07) is 0. The fourth-order valence-electron chi connectivity index (χ4n) is 1.83. The molecule has 0 spiro atoms. The second-order valence-corrected chi connectivity index (χ2v) is 4.41. The summed E-state index contributed by atoms with van der Waals surface area (Å²) in [6.45, 7) is 7.74. The van der Waals surface area contributed by atoms with Gasteiger partial charge < -0.3 is 15.8 Å². The van der Waals surface area contributed by atoms with Crippen LogP contribution >= 0.6 is 0 Å². The van der Waals surface area contributed by atoms with Crippen molar-refractivity contribution in [2.45, 2.75) is 46.6 Å². The van der Waals surface area contributed by atoms with Crippen LogP contribution in [0.5, 0.6) is 0 Å². The highest BCUT2D eigenvalue weighted by molar-refractivity contribution is 5.69. The topological polar surface area (TPSA) is 82.2 Å². The predicted octanol–water partition coefficient (Wildman–Crippen LogP) is 1.94. The Labute approximate surface area is 114 Å². The van der Waals surface area contributed by atoms with Gasteiger partial charge in [0.05, 0.1) is 18.0 Å². The van der Waals surface area contributed by atoms with Crippen molar-refractivity contribution >= 4 is 17.5 Å². The summed E-state index contributed by atoms with van der Waals surface area (Å²) in [6.07, 6.45) is 2.13. The molecule has 1 aromatic heterocycles. The molecule has 0 aliphatic heterocycles. The van der Waals surface area contributed by atoms with Crippen molar-refractivity contribution in [2.24, 2.45) is 0 Å². The van der Waals surface area contributed by atoms with Crippen LogP contribution in [0.2, 0.25) is 0 Å². The molecule has 0 radical (unpaired) electrons. The zero-order valence-electron chi connectivity index (χ0n) is 12.0. The molecule has 1 aromatic rings. The average Bonchev–Trinajstić information content (AvgIpc) is 2.62. The highest BCUT2D eigenvalue weighted by Gasteiger charge is 2.11. The van der Waals surface area contributed by atoms with E-state index in [9.17, 15) is 4.79 Å². The Bertz CT molecular complexity index is 415. The lowest BCUT2D eigenvalue weighted by Crippen LogP contribution is -2.12. The average molecular weight is 268 g/mol. The molecule has 6 nitrogen and oxygen atoms in total. The third kappa shape index (κ3) is 4.46. The normalized spacial score (nSPS) is 10.5. The van der Waals surface area contributed by atoms with Crippen LogP contribution in [0.3, 0.4) is 0 Å². The van der Waals surface area contributed by atoms with E-state index < -0.39 is 0 Å². The monoisotopic (exact) mass is 268 g/mol. The molecule has 0 saturated carbocycles. The van der Waals surface area contributed by atoms with Crippen molar-refractivity contribution in [1.82, 2.24) is 9.78 Å². The van der Waals surface area contributed by atoms with Crippen molar-refractivity contribution in [3.63, 3.8) is 0 Å². The van der Waals surface area contributed by atoms with Crippen molar-refractivity contribution in [2.75, 3.05) is 24.2 Å². The summed E-state index contributed by atoms with van der Waals surface area (Å²) in [7, 11) is 0. The van der Waals surface area contributed by atoms with E-state index in [2.05, 4.69) is 17.3 Å². The van der Waals surface area contributed by atoms with Gasteiger partial charge in [0.15, 0.2) is 0 Å². The number of nitrogens with zero attached hydrogens (tertiary/aromatic N) is 2. The van der Waals surface area contributed by atoms with E-state index in [1.54, 1.807) is 0 Å². The van der Waals surface area contributed by atoms with Crippen molar-refractivity contribution in [1.29, 1.82) is 0 Å². The number of nitrogens with two attached hydrogens (primary N) is 1. The van der Waals surface area contributed by atoms with Gasteiger partial charge in [0, 0.05) is 19.5 Å². The Morgan fingerprint density at radius 3 is 2.84 bits per heavy atom. The molecule has 0 aromatic carbocycles. The van der Waals surface area contributed by atoms with Gasteiger partial charge in [-0.1, -0.05) is 6.92 Å². The van der Waals surface area contributed by atoms with Gasteiger partial charge >= 0.3 is 5.97 Å². The molecule has 6 heteroatoms. The minimum absolute atomic E-state index is 0.157. The predicted molar refractivity (Wildman–Crippen MR) is 76.0 cm³/mol. The molecule has 0 atom stereocenters. The van der Waals surface area contributed by atoms with Crippen LogP contribution < -0.4 is 11.1 Å². The maximum atomic E-state index is 11.2. The molecule has 3 N–H and O–H groups in total. The van der Waals surface area contributed by atoms with Gasteiger partial charge in [-0.3, -0.25) is 4.79 Å². The lowest BCUT2D eigenvalue weighted by Gasteiger charge is -2.09. The largest absolute Gasteiger partial charge is 0.466 e. The van der Waals surface area contributed by atoms with Crippen LogP contribution in [-0.4, -0.2) is 28.9 Å². The van der Waals surface area contributed by atoms with E-state index in [0.29, 0.717) is 31.7 Å². The number of hydrogen-bond donors (Lipinski definition) is 2. The molecule has 1 rings (SSSR count). The van der Waals surface area contributed by atoms with Gasteiger partial charge in [-0.25, -0.2) is 4.68 Å². The first kappa shape index (κ1) is 15.3. The molecule has 0 amide bonds. The second-order valence-electron chi connectivity index (χ2n) is 4.41. The quantitative estimate of drug-likeness (QED) is 0.556. The Morgan fingerprint density at radius 1 is 1.47 bits per heavy atom. The number of rotatable bonds is 8. The molecule has 0 unspecified atom stereocenters. The smallest absolute Gasteiger partial charge is 0.305 e. The Hall–Kier alpha value is -1.72. The van der Waals surface area contributed by atoms with Gasteiger partial charge in [0.2, 0.25) is 0 Å². The number of aryl methyl sites for hydroxylation is 2. The van der Waals surface area contributed by atoms with Gasteiger partial charge in [0.25, 0.3) is 0 Å². The number of nitrogen functional groups attached to an aromatic ring is 1. The first-order valence-electron chi connectivity index (χ1n) is 6.82. The minimum atomic E-state index is -0.157. The van der Waals surface area contributed by atoms with Gasteiger partial charge in [0.1, 0.15) is 5.82 Å². The summed E-state index contributed by atoms with van der Waals surface area (Å²) >= 11 is 0. The fourth-order valence-corrected chi connectivity index (χ4v) is 1.83. The van der Waals surface area contributed by atoms with Crippen molar-refractivity contribution in [3.8, 4) is 0 Å². The molecular formula is C13H24N4O2. The molecule has 108 valence electrons. The molecule has 0 saturated heterocycles. The SMILES string of the molecule is CCCn1nc(C)c(N)c1NCCCC(=O)OCC. The molecule has 19 heavy (non-hydrogen) atoms. The highest BCUT2D eigenvalue weighted by Crippen LogP contribution is 2.22. The maximum absolute atomic E-state index is 11.2. The minimum Gasteiger partial charge on any atom is -0.466 e. The van der Waals surface area contributed by atoms with E-state index in [-0.39, 0.29) is 5.97 Å². The number of aromatic nitrogens is 2. The Kier molecular flexibility index (Phi) is 6.18. The van der Waals surface area contributed by atoms with E-state index in [1.165, 1.54) is 0 Å². The lowest BCUT2D eigenvalue weighted by atomic mass is 10.3. The summed E-state index contributed by atoms with van der Waals surface area (Å²) in [4.78, 5) is 11.2. The van der Waals surface area contributed by atoms with Crippen LogP contribution in [-0.2, 0) is 16.1 Å². The highest BCUT2D eigenvalue weighted by atomic mass is 16.5. The number of carbonyl (C=O) groups is 1. The lowest BCUT2D eigenvalue weighted by molar-refractivity contribution is -0.143. The van der Waals surface area contributed by atoms with E-state index in [1.807, 2.05) is 18.5 Å². The number of nitrogens with one attached hydrogen (secondary N) is 1. The third-order valence-electron chi connectivity index (χ3n) is 2.76. The molecule has 0 aliphatic carbocycles. The fraction of sp³-hybridized carbons (Fsp3) is 0.692. The molecule has 0 bridgehead atoms. The third-order valence-corrected chi connectivity index (χ3v) is 2.76. The Balaban J connectivity index is 2.46. The zero-order valence-corrected chi connectivity index (χ0v) is 12.0. The molecule has 0 fully saturated rings. The van der Waals surface area contributed by atoms with Crippen molar-refractivity contribution < 1.29 is 9.53 Å². The number of anilines is 2. The number of esters is 1. The number of ether oxygens (including phenoxy) is 1. The van der Waals surface area contributed by atoms with E-state index in [0.717, 1.165) is 24.5 Å². The first-order chi connectivity index (χ1) is 9.10. The second kappa shape index (κ2) is 7.66. The molecule has 1 heterocycles. The maximum Gasteiger partial charge on any atom is 0.305 e. The standard InChI is InChI=1S/C13H24N4O2/c1-4-9-17-13(12(14)10(3)16-17)15-8-6-7-11(18)19-5-2/h15H,4-9,14H2,1-3H3.